The van der Waals surface area contributed by atoms with Crippen LogP contribution in [0.15, 0.2) is 35.7 Å². The topological polar surface area (TPSA) is 60.9 Å². The molecular weight excluding hydrogens is 319 g/mol. The normalized spacial score (nSPS) is 14.8. The molecule has 7 heteroatoms. The maximum Gasteiger partial charge on any atom is 0.264 e. The molecule has 0 aliphatic carbocycles. The molecule has 23 heavy (non-hydrogen) atoms. The van der Waals surface area contributed by atoms with Crippen LogP contribution in [0.4, 0.5) is 4.39 Å². The predicted molar refractivity (Wildman–Crippen MR) is 84.2 cm³/mol. The van der Waals surface area contributed by atoms with Gasteiger partial charge in [0.25, 0.3) is 11.8 Å². The number of rotatable bonds is 2. The minimum atomic E-state index is -0.379. The van der Waals surface area contributed by atoms with E-state index in [-0.39, 0.29) is 23.4 Å². The van der Waals surface area contributed by atoms with Crippen molar-refractivity contribution < 1.29 is 19.1 Å². The Labute approximate surface area is 136 Å². The highest BCUT2D eigenvalue weighted by Gasteiger charge is 2.26. The van der Waals surface area contributed by atoms with Gasteiger partial charge >= 0.3 is 0 Å². The number of hydrogen-bond acceptors (Lipinski definition) is 4. The van der Waals surface area contributed by atoms with Gasteiger partial charge < -0.3 is 14.9 Å². The van der Waals surface area contributed by atoms with Crippen LogP contribution >= 0.6 is 11.3 Å². The number of nitrogens with zero attached hydrogens (tertiary/aromatic N) is 2. The monoisotopic (exact) mass is 334 g/mol. The summed E-state index contributed by atoms with van der Waals surface area (Å²) in [5.74, 6) is -0.588. The Hall–Kier alpha value is -2.41. The number of hydrogen-bond donors (Lipinski definition) is 1. The lowest BCUT2D eigenvalue weighted by Crippen LogP contribution is -2.50. The molecule has 120 valence electrons. The first kappa shape index (κ1) is 15.5. The third kappa shape index (κ3) is 3.34. The maximum atomic E-state index is 12.9. The Morgan fingerprint density at radius 1 is 1.00 bits per heavy atom. The second-order valence-electron chi connectivity index (χ2n) is 5.26. The summed E-state index contributed by atoms with van der Waals surface area (Å²) in [6, 6.07) is 6.89. The van der Waals surface area contributed by atoms with E-state index in [0.717, 1.165) is 0 Å². The quantitative estimate of drug-likeness (QED) is 0.916. The van der Waals surface area contributed by atoms with Gasteiger partial charge in [-0.25, -0.2) is 4.39 Å². The molecule has 1 aliphatic rings. The molecule has 0 saturated carbocycles. The molecular formula is C16H15FN2O3S. The summed E-state index contributed by atoms with van der Waals surface area (Å²) in [7, 11) is 0. The van der Waals surface area contributed by atoms with Crippen molar-refractivity contribution in [3.63, 3.8) is 0 Å². The largest absolute Gasteiger partial charge is 0.507 e. The van der Waals surface area contributed by atoms with Crippen molar-refractivity contribution in [3.05, 3.63) is 52.0 Å². The van der Waals surface area contributed by atoms with Gasteiger partial charge in [0, 0.05) is 43.2 Å². The van der Waals surface area contributed by atoms with Crippen molar-refractivity contribution in [2.45, 2.75) is 0 Å². The van der Waals surface area contributed by atoms with Crippen LogP contribution in [0.5, 0.6) is 5.75 Å². The van der Waals surface area contributed by atoms with Crippen LogP contribution in [0.2, 0.25) is 0 Å². The van der Waals surface area contributed by atoms with Crippen LogP contribution in [0, 0.1) is 5.82 Å². The van der Waals surface area contributed by atoms with E-state index in [0.29, 0.717) is 36.6 Å². The van der Waals surface area contributed by atoms with E-state index in [2.05, 4.69) is 0 Å². The van der Waals surface area contributed by atoms with Gasteiger partial charge in [-0.1, -0.05) is 0 Å². The van der Waals surface area contributed by atoms with Crippen molar-refractivity contribution in [2.75, 3.05) is 26.2 Å². The molecule has 2 heterocycles. The van der Waals surface area contributed by atoms with E-state index in [1.54, 1.807) is 9.80 Å². The highest BCUT2D eigenvalue weighted by atomic mass is 32.1. The third-order valence-corrected chi connectivity index (χ3v) is 4.65. The number of benzene rings is 1. The number of halogens is 1. The summed E-state index contributed by atoms with van der Waals surface area (Å²) in [5, 5.41) is 10.8. The second-order valence-corrected chi connectivity index (χ2v) is 6.17. The molecule has 1 fully saturated rings. The van der Waals surface area contributed by atoms with E-state index < -0.39 is 0 Å². The number of thiophene rings is 1. The van der Waals surface area contributed by atoms with Crippen LogP contribution in [-0.2, 0) is 0 Å². The van der Waals surface area contributed by atoms with Crippen molar-refractivity contribution in [2.24, 2.45) is 0 Å². The zero-order chi connectivity index (χ0) is 16.4. The molecule has 3 rings (SSSR count). The molecule has 0 atom stereocenters. The molecule has 0 bridgehead atoms. The van der Waals surface area contributed by atoms with Crippen LogP contribution in [0.1, 0.15) is 20.0 Å². The Balaban J connectivity index is 1.61. The molecule has 1 aromatic carbocycles. The fraction of sp³-hybridized carbons (Fsp3) is 0.250. The van der Waals surface area contributed by atoms with Gasteiger partial charge in [-0.15, -0.1) is 11.3 Å². The van der Waals surface area contributed by atoms with Gasteiger partial charge in [0.05, 0.1) is 4.88 Å². The summed E-state index contributed by atoms with van der Waals surface area (Å²) >= 11 is 1.20. The number of carbonyl (C=O) groups is 2. The SMILES string of the molecule is O=C(c1ccc(F)cc1)N1CCN(C(=O)c2cc(O)cs2)CC1. The smallest absolute Gasteiger partial charge is 0.264 e. The van der Waals surface area contributed by atoms with Crippen molar-refractivity contribution in [1.29, 1.82) is 0 Å². The minimum Gasteiger partial charge on any atom is -0.507 e. The highest BCUT2D eigenvalue weighted by Crippen LogP contribution is 2.22. The third-order valence-electron chi connectivity index (χ3n) is 3.74. The average Bonchev–Trinajstić information content (AvgIpc) is 3.01. The fourth-order valence-electron chi connectivity index (χ4n) is 2.48. The van der Waals surface area contributed by atoms with Crippen LogP contribution < -0.4 is 0 Å². The van der Waals surface area contributed by atoms with Gasteiger partial charge in [-0.2, -0.15) is 0 Å². The van der Waals surface area contributed by atoms with Gasteiger partial charge in [-0.3, -0.25) is 9.59 Å². The molecule has 0 unspecified atom stereocenters. The van der Waals surface area contributed by atoms with Gasteiger partial charge in [-0.05, 0) is 24.3 Å². The number of amides is 2. The van der Waals surface area contributed by atoms with E-state index in [9.17, 15) is 19.1 Å². The first-order valence-electron chi connectivity index (χ1n) is 7.16. The molecule has 1 saturated heterocycles. The van der Waals surface area contributed by atoms with E-state index in [1.807, 2.05) is 0 Å². The summed E-state index contributed by atoms with van der Waals surface area (Å²) in [6.45, 7) is 1.73. The second kappa shape index (κ2) is 6.37. The van der Waals surface area contributed by atoms with E-state index in [1.165, 1.54) is 47.0 Å². The molecule has 5 nitrogen and oxygen atoms in total. The molecule has 0 spiro atoms. The van der Waals surface area contributed by atoms with Gasteiger partial charge in [0.2, 0.25) is 0 Å². The lowest BCUT2D eigenvalue weighted by atomic mass is 10.1. The fourth-order valence-corrected chi connectivity index (χ4v) is 3.22. The summed E-state index contributed by atoms with van der Waals surface area (Å²) in [5.41, 5.74) is 0.439. The van der Waals surface area contributed by atoms with Crippen molar-refractivity contribution in [1.82, 2.24) is 9.80 Å². The zero-order valence-electron chi connectivity index (χ0n) is 12.2. The van der Waals surface area contributed by atoms with Gasteiger partial charge in [0.1, 0.15) is 11.6 Å². The number of aromatic hydroxyl groups is 1. The Morgan fingerprint density at radius 3 is 2.09 bits per heavy atom. The van der Waals surface area contributed by atoms with Crippen LogP contribution in [0.3, 0.4) is 0 Å². The molecule has 1 aliphatic heterocycles. The van der Waals surface area contributed by atoms with Crippen LogP contribution in [-0.4, -0.2) is 52.9 Å². The Bertz CT molecular complexity index is 721. The summed E-state index contributed by atoms with van der Waals surface area (Å²) in [4.78, 5) is 28.4. The standard InChI is InChI=1S/C16H15FN2O3S/c17-12-3-1-11(2-4-12)15(21)18-5-7-19(8-6-18)16(22)14-9-13(20)10-23-14/h1-4,9-10,20H,5-8H2. The molecule has 2 aromatic rings. The molecule has 0 radical (unpaired) electrons. The first-order chi connectivity index (χ1) is 11.0. The highest BCUT2D eigenvalue weighted by molar-refractivity contribution is 7.12. The van der Waals surface area contributed by atoms with Crippen molar-refractivity contribution >= 4 is 23.2 Å². The summed E-state index contributed by atoms with van der Waals surface area (Å²) < 4.78 is 12.9. The summed E-state index contributed by atoms with van der Waals surface area (Å²) in [6.07, 6.45) is 0. The first-order valence-corrected chi connectivity index (χ1v) is 8.04. The molecule has 2 amide bonds. The average molecular weight is 334 g/mol. The lowest BCUT2D eigenvalue weighted by molar-refractivity contribution is 0.0538. The number of piperazine rings is 1. The molecule has 1 N–H and O–H groups in total. The minimum absolute atomic E-state index is 0.0865. The Morgan fingerprint density at radius 2 is 1.57 bits per heavy atom. The van der Waals surface area contributed by atoms with E-state index >= 15 is 0 Å². The lowest BCUT2D eigenvalue weighted by Gasteiger charge is -2.34. The van der Waals surface area contributed by atoms with Crippen LogP contribution in [0.25, 0.3) is 0 Å². The zero-order valence-corrected chi connectivity index (χ0v) is 13.1. The van der Waals surface area contributed by atoms with Crippen molar-refractivity contribution in [3.8, 4) is 5.75 Å². The van der Waals surface area contributed by atoms with Gasteiger partial charge in [0.15, 0.2) is 0 Å². The van der Waals surface area contributed by atoms with E-state index in [4.69, 9.17) is 0 Å². The predicted octanol–water partition coefficient (Wildman–Crippen LogP) is 2.19. The molecule has 1 aromatic heterocycles. The Kier molecular flexibility index (Phi) is 4.29. The maximum absolute atomic E-state index is 12.9. The number of carbonyl (C=O) groups excluding carboxylic acids is 2.